The summed E-state index contributed by atoms with van der Waals surface area (Å²) >= 11 is 1.87. The number of thiophene rings is 1. The van der Waals surface area contributed by atoms with Crippen molar-refractivity contribution in [3.05, 3.63) is 51.7 Å². The summed E-state index contributed by atoms with van der Waals surface area (Å²) < 4.78 is 10.8. The highest BCUT2D eigenvalue weighted by Crippen LogP contribution is 2.28. The van der Waals surface area contributed by atoms with Gasteiger partial charge >= 0.3 is 0 Å². The van der Waals surface area contributed by atoms with Gasteiger partial charge in [-0.05, 0) is 50.1 Å². The molecule has 0 spiro atoms. The van der Waals surface area contributed by atoms with Crippen molar-refractivity contribution in [1.82, 2.24) is 15.5 Å². The Hall–Kier alpha value is -1.36. The first-order chi connectivity index (χ1) is 14.7. The van der Waals surface area contributed by atoms with Gasteiger partial charge in [-0.2, -0.15) is 0 Å². The number of aliphatic imine (C=N–C) groups is 1. The largest absolute Gasteiger partial charge is 0.497 e. The minimum absolute atomic E-state index is 0. The Labute approximate surface area is 207 Å². The number of methoxy groups -OCH3 is 1. The Kier molecular flexibility index (Phi) is 11.6. The summed E-state index contributed by atoms with van der Waals surface area (Å²) in [6.07, 6.45) is 0.936. The minimum Gasteiger partial charge on any atom is -0.497 e. The van der Waals surface area contributed by atoms with Crippen LogP contribution in [0, 0.1) is 6.92 Å². The number of halogens is 1. The molecule has 3 rings (SSSR count). The molecule has 0 radical (unpaired) electrons. The second-order valence-electron chi connectivity index (χ2n) is 7.36. The number of guanidine groups is 1. The molecule has 0 saturated carbocycles. The van der Waals surface area contributed by atoms with Crippen molar-refractivity contribution in [2.24, 2.45) is 4.99 Å². The fraction of sp³-hybridized carbons (Fsp3) is 0.522. The van der Waals surface area contributed by atoms with Crippen molar-refractivity contribution in [1.29, 1.82) is 0 Å². The lowest BCUT2D eigenvalue weighted by atomic mass is 10.1. The topological polar surface area (TPSA) is 58.1 Å². The standard InChI is InChI=1S/C23H34N4O2S.HI/c1-4-24-23(25-12-11-19-6-8-20(28-3)9-7-19)26-17-21(22-10-5-18(2)30-22)27-13-15-29-16-14-27;/h5-10,21H,4,11-17H2,1-3H3,(H2,24,25,26);1H. The second kappa shape index (κ2) is 13.9. The summed E-state index contributed by atoms with van der Waals surface area (Å²) in [6, 6.07) is 13.0. The number of rotatable bonds is 9. The first-order valence-corrected chi connectivity index (χ1v) is 11.5. The molecule has 2 N–H and O–H groups in total. The molecule has 1 aliphatic rings. The number of morpholine rings is 1. The van der Waals surface area contributed by atoms with E-state index < -0.39 is 0 Å². The summed E-state index contributed by atoms with van der Waals surface area (Å²) in [6.45, 7) is 10.2. The van der Waals surface area contributed by atoms with Gasteiger partial charge in [0, 0.05) is 35.9 Å². The summed E-state index contributed by atoms with van der Waals surface area (Å²) in [5.41, 5.74) is 1.28. The van der Waals surface area contributed by atoms with E-state index in [4.69, 9.17) is 14.5 Å². The predicted molar refractivity (Wildman–Crippen MR) is 140 cm³/mol. The van der Waals surface area contributed by atoms with Crippen molar-refractivity contribution >= 4 is 41.3 Å². The summed E-state index contributed by atoms with van der Waals surface area (Å²) in [4.78, 5) is 10.2. The first-order valence-electron chi connectivity index (χ1n) is 10.7. The molecule has 2 heterocycles. The van der Waals surface area contributed by atoms with Gasteiger partial charge in [0.2, 0.25) is 0 Å². The first kappa shape index (κ1) is 25.9. The number of nitrogens with one attached hydrogen (secondary N) is 2. The zero-order chi connectivity index (χ0) is 21.2. The van der Waals surface area contributed by atoms with Crippen LogP contribution >= 0.6 is 35.3 Å². The monoisotopic (exact) mass is 558 g/mol. The molecule has 1 aromatic heterocycles. The van der Waals surface area contributed by atoms with E-state index in [0.717, 1.165) is 64.1 Å². The van der Waals surface area contributed by atoms with Crippen LogP contribution in [-0.4, -0.2) is 63.9 Å². The summed E-state index contributed by atoms with van der Waals surface area (Å²) in [5, 5.41) is 6.86. The van der Waals surface area contributed by atoms with Crippen molar-refractivity contribution in [3.63, 3.8) is 0 Å². The molecule has 1 aliphatic heterocycles. The van der Waals surface area contributed by atoms with Gasteiger partial charge in [-0.25, -0.2) is 0 Å². The summed E-state index contributed by atoms with van der Waals surface area (Å²) in [7, 11) is 1.69. The third kappa shape index (κ3) is 8.25. The Morgan fingerprint density at radius 1 is 1.16 bits per heavy atom. The van der Waals surface area contributed by atoms with Gasteiger partial charge in [0.15, 0.2) is 5.96 Å². The van der Waals surface area contributed by atoms with Crippen LogP contribution in [0.5, 0.6) is 5.75 Å². The molecule has 1 aromatic carbocycles. The molecule has 1 atom stereocenters. The van der Waals surface area contributed by atoms with Gasteiger partial charge in [0.05, 0.1) is 32.9 Å². The maximum Gasteiger partial charge on any atom is 0.191 e. The Balaban J connectivity index is 0.00000341. The highest BCUT2D eigenvalue weighted by Gasteiger charge is 2.23. The van der Waals surface area contributed by atoms with E-state index in [1.807, 2.05) is 23.5 Å². The van der Waals surface area contributed by atoms with E-state index in [-0.39, 0.29) is 24.0 Å². The van der Waals surface area contributed by atoms with Crippen LogP contribution in [0.15, 0.2) is 41.4 Å². The molecule has 0 bridgehead atoms. The molecule has 1 saturated heterocycles. The van der Waals surface area contributed by atoms with E-state index in [2.05, 4.69) is 53.6 Å². The summed E-state index contributed by atoms with van der Waals surface area (Å²) in [5.74, 6) is 1.76. The van der Waals surface area contributed by atoms with Crippen molar-refractivity contribution in [3.8, 4) is 5.75 Å². The van der Waals surface area contributed by atoms with Gasteiger partial charge < -0.3 is 20.1 Å². The Bertz CT molecular complexity index is 791. The predicted octanol–water partition coefficient (Wildman–Crippen LogP) is 3.85. The lowest BCUT2D eigenvalue weighted by Gasteiger charge is -2.33. The molecule has 0 aliphatic carbocycles. The second-order valence-corrected chi connectivity index (χ2v) is 8.68. The SMILES string of the molecule is CCNC(=NCC(c1ccc(C)s1)N1CCOCC1)NCCc1ccc(OC)cc1.I. The molecule has 2 aromatic rings. The third-order valence-electron chi connectivity index (χ3n) is 5.21. The molecule has 8 heteroatoms. The molecule has 0 amide bonds. The van der Waals surface area contributed by atoms with Crippen molar-refractivity contribution in [2.75, 3.05) is 53.0 Å². The highest BCUT2D eigenvalue weighted by molar-refractivity contribution is 14.0. The van der Waals surface area contributed by atoms with E-state index in [1.54, 1.807) is 7.11 Å². The number of aryl methyl sites for hydroxylation is 1. The smallest absolute Gasteiger partial charge is 0.191 e. The maximum absolute atomic E-state index is 5.56. The van der Waals surface area contributed by atoms with Gasteiger partial charge in [0.25, 0.3) is 0 Å². The normalized spacial score (nSPS) is 15.8. The van der Waals surface area contributed by atoms with Crippen LogP contribution < -0.4 is 15.4 Å². The molecule has 1 fully saturated rings. The number of ether oxygens (including phenoxy) is 2. The van der Waals surface area contributed by atoms with Crippen LogP contribution in [0.4, 0.5) is 0 Å². The zero-order valence-corrected chi connectivity index (χ0v) is 21.9. The fourth-order valence-corrected chi connectivity index (χ4v) is 4.55. The zero-order valence-electron chi connectivity index (χ0n) is 18.7. The molecule has 31 heavy (non-hydrogen) atoms. The molecule has 1 unspecified atom stereocenters. The average molecular weight is 559 g/mol. The molecular formula is C23H35IN4O2S. The number of nitrogens with zero attached hydrogens (tertiary/aromatic N) is 2. The van der Waals surface area contributed by atoms with Crippen molar-refractivity contribution < 1.29 is 9.47 Å². The Morgan fingerprint density at radius 2 is 1.90 bits per heavy atom. The average Bonchev–Trinajstić information content (AvgIpc) is 3.21. The highest BCUT2D eigenvalue weighted by atomic mass is 127. The molecule has 6 nitrogen and oxygen atoms in total. The van der Waals surface area contributed by atoms with Crippen LogP contribution in [0.2, 0.25) is 0 Å². The third-order valence-corrected chi connectivity index (χ3v) is 6.31. The van der Waals surface area contributed by atoms with Crippen LogP contribution in [0.1, 0.15) is 28.3 Å². The minimum atomic E-state index is 0. The van der Waals surface area contributed by atoms with Crippen LogP contribution in [0.3, 0.4) is 0 Å². The number of hydrogen-bond donors (Lipinski definition) is 2. The maximum atomic E-state index is 5.56. The quantitative estimate of drug-likeness (QED) is 0.278. The number of benzene rings is 1. The lowest BCUT2D eigenvalue weighted by Crippen LogP contribution is -2.42. The van der Waals surface area contributed by atoms with E-state index in [9.17, 15) is 0 Å². The van der Waals surface area contributed by atoms with Gasteiger partial charge in [-0.15, -0.1) is 35.3 Å². The van der Waals surface area contributed by atoms with E-state index in [0.29, 0.717) is 6.04 Å². The van der Waals surface area contributed by atoms with Crippen molar-refractivity contribution in [2.45, 2.75) is 26.3 Å². The van der Waals surface area contributed by atoms with Gasteiger partial charge in [-0.3, -0.25) is 9.89 Å². The fourth-order valence-electron chi connectivity index (χ4n) is 3.54. The van der Waals surface area contributed by atoms with Crippen LogP contribution in [-0.2, 0) is 11.2 Å². The van der Waals surface area contributed by atoms with Crippen LogP contribution in [0.25, 0.3) is 0 Å². The Morgan fingerprint density at radius 3 is 2.52 bits per heavy atom. The van der Waals surface area contributed by atoms with Gasteiger partial charge in [0.1, 0.15) is 5.75 Å². The van der Waals surface area contributed by atoms with E-state index >= 15 is 0 Å². The van der Waals surface area contributed by atoms with E-state index in [1.165, 1.54) is 15.3 Å². The lowest BCUT2D eigenvalue weighted by molar-refractivity contribution is 0.0186. The number of hydrogen-bond acceptors (Lipinski definition) is 5. The van der Waals surface area contributed by atoms with Gasteiger partial charge in [-0.1, -0.05) is 12.1 Å². The molecule has 172 valence electrons. The molecular weight excluding hydrogens is 523 g/mol.